The van der Waals surface area contributed by atoms with Crippen LogP contribution in [0.5, 0.6) is 0 Å². The molecule has 104 valence electrons. The van der Waals surface area contributed by atoms with Crippen LogP contribution in [-0.4, -0.2) is 9.97 Å². The standard InChI is InChI=1S/C17H20N2S/c1-12-15(13-8-4-2-5-9-13)18-16(19-17(12)20)14-10-6-3-7-11-14/h2,4-5,8-9,14H,3,6-7,10-11H2,1H3,(H,18,19,20). The zero-order valence-corrected chi connectivity index (χ0v) is 12.7. The van der Waals surface area contributed by atoms with Crippen molar-refractivity contribution in [2.45, 2.75) is 44.9 Å². The maximum atomic E-state index is 5.47. The lowest BCUT2D eigenvalue weighted by atomic mass is 9.88. The molecule has 0 spiro atoms. The minimum atomic E-state index is 0.550. The highest BCUT2D eigenvalue weighted by Gasteiger charge is 2.19. The highest BCUT2D eigenvalue weighted by atomic mass is 32.1. The van der Waals surface area contributed by atoms with E-state index >= 15 is 0 Å². The first kappa shape index (κ1) is 13.5. The molecule has 1 aliphatic rings. The first-order valence-corrected chi connectivity index (χ1v) is 7.83. The van der Waals surface area contributed by atoms with Gasteiger partial charge in [-0.1, -0.05) is 61.8 Å². The molecule has 0 amide bonds. The number of nitrogens with one attached hydrogen (secondary N) is 1. The molecule has 0 aliphatic heterocycles. The normalized spacial score (nSPS) is 16.2. The number of hydrogen-bond donors (Lipinski definition) is 1. The Morgan fingerprint density at radius 2 is 1.80 bits per heavy atom. The van der Waals surface area contributed by atoms with Gasteiger partial charge in [0, 0.05) is 11.5 Å². The lowest BCUT2D eigenvalue weighted by molar-refractivity contribution is 0.428. The molecule has 0 bridgehead atoms. The zero-order valence-electron chi connectivity index (χ0n) is 11.9. The first-order valence-electron chi connectivity index (χ1n) is 7.42. The third-order valence-corrected chi connectivity index (χ3v) is 4.62. The Labute approximate surface area is 125 Å². The van der Waals surface area contributed by atoms with Crippen molar-refractivity contribution in [3.8, 4) is 11.3 Å². The van der Waals surface area contributed by atoms with Crippen LogP contribution in [0, 0.1) is 11.6 Å². The molecule has 0 unspecified atom stereocenters. The molecule has 1 N–H and O–H groups in total. The van der Waals surface area contributed by atoms with Crippen LogP contribution < -0.4 is 0 Å². The summed E-state index contributed by atoms with van der Waals surface area (Å²) in [5.74, 6) is 1.63. The Hall–Kier alpha value is -1.48. The summed E-state index contributed by atoms with van der Waals surface area (Å²) in [6.07, 6.45) is 6.43. The molecule has 1 fully saturated rings. The van der Waals surface area contributed by atoms with Crippen molar-refractivity contribution < 1.29 is 0 Å². The van der Waals surface area contributed by atoms with Gasteiger partial charge in [-0.2, -0.15) is 0 Å². The maximum absolute atomic E-state index is 5.47. The van der Waals surface area contributed by atoms with Crippen molar-refractivity contribution in [3.05, 3.63) is 46.4 Å². The molecule has 3 heteroatoms. The third kappa shape index (κ3) is 2.68. The Bertz CT molecular complexity index is 640. The number of benzene rings is 1. The Morgan fingerprint density at radius 1 is 1.10 bits per heavy atom. The summed E-state index contributed by atoms with van der Waals surface area (Å²) < 4.78 is 0.739. The third-order valence-electron chi connectivity index (χ3n) is 4.23. The summed E-state index contributed by atoms with van der Waals surface area (Å²) in [6, 6.07) is 10.4. The van der Waals surface area contributed by atoms with Gasteiger partial charge in [0.05, 0.1) is 5.69 Å². The molecular weight excluding hydrogens is 264 g/mol. The van der Waals surface area contributed by atoms with E-state index in [1.54, 1.807) is 0 Å². The van der Waals surface area contributed by atoms with Crippen LogP contribution >= 0.6 is 12.2 Å². The number of aromatic nitrogens is 2. The largest absolute Gasteiger partial charge is 0.343 e. The lowest BCUT2D eigenvalue weighted by Gasteiger charge is -2.22. The smallest absolute Gasteiger partial charge is 0.133 e. The zero-order chi connectivity index (χ0) is 13.9. The molecule has 20 heavy (non-hydrogen) atoms. The second kappa shape index (κ2) is 5.88. The van der Waals surface area contributed by atoms with E-state index in [1.165, 1.54) is 37.7 Å². The summed E-state index contributed by atoms with van der Waals surface area (Å²) in [7, 11) is 0. The Balaban J connectivity index is 2.06. The summed E-state index contributed by atoms with van der Waals surface area (Å²) in [4.78, 5) is 8.20. The van der Waals surface area contributed by atoms with E-state index in [9.17, 15) is 0 Å². The average molecular weight is 284 g/mol. The lowest BCUT2D eigenvalue weighted by Crippen LogP contribution is -2.10. The van der Waals surface area contributed by atoms with Gasteiger partial charge in [-0.15, -0.1) is 0 Å². The van der Waals surface area contributed by atoms with Gasteiger partial charge in [-0.25, -0.2) is 4.98 Å². The van der Waals surface area contributed by atoms with Crippen LogP contribution in [0.2, 0.25) is 0 Å². The number of aromatic amines is 1. The fraction of sp³-hybridized carbons (Fsp3) is 0.412. The quantitative estimate of drug-likeness (QED) is 0.771. The van der Waals surface area contributed by atoms with Gasteiger partial charge in [0.1, 0.15) is 10.5 Å². The summed E-state index contributed by atoms with van der Waals surface area (Å²) in [6.45, 7) is 2.05. The van der Waals surface area contributed by atoms with Crippen molar-refractivity contribution in [3.63, 3.8) is 0 Å². The first-order chi connectivity index (χ1) is 9.75. The van der Waals surface area contributed by atoms with Gasteiger partial charge in [0.25, 0.3) is 0 Å². The van der Waals surface area contributed by atoms with E-state index < -0.39 is 0 Å². The van der Waals surface area contributed by atoms with Gasteiger partial charge in [-0.05, 0) is 25.3 Å². The fourth-order valence-electron chi connectivity index (χ4n) is 3.01. The van der Waals surface area contributed by atoms with E-state index in [0.29, 0.717) is 5.92 Å². The predicted octanol–water partition coefficient (Wildman–Crippen LogP) is 5.16. The predicted molar refractivity (Wildman–Crippen MR) is 85.4 cm³/mol. The van der Waals surface area contributed by atoms with Crippen molar-refractivity contribution in [2.75, 3.05) is 0 Å². The molecule has 2 aromatic rings. The van der Waals surface area contributed by atoms with Gasteiger partial charge in [0.2, 0.25) is 0 Å². The molecule has 1 aromatic heterocycles. The Kier molecular flexibility index (Phi) is 3.97. The Morgan fingerprint density at radius 3 is 2.50 bits per heavy atom. The van der Waals surface area contributed by atoms with E-state index in [0.717, 1.165) is 21.7 Å². The molecule has 3 rings (SSSR count). The van der Waals surface area contributed by atoms with E-state index in [2.05, 4.69) is 41.2 Å². The van der Waals surface area contributed by atoms with Gasteiger partial charge >= 0.3 is 0 Å². The van der Waals surface area contributed by atoms with Crippen LogP contribution in [0.1, 0.15) is 49.4 Å². The molecule has 0 saturated heterocycles. The van der Waals surface area contributed by atoms with Crippen LogP contribution in [0.15, 0.2) is 30.3 Å². The van der Waals surface area contributed by atoms with Crippen LogP contribution in [0.25, 0.3) is 11.3 Å². The van der Waals surface area contributed by atoms with E-state index in [4.69, 9.17) is 12.2 Å². The van der Waals surface area contributed by atoms with Crippen LogP contribution in [0.4, 0.5) is 0 Å². The molecule has 1 saturated carbocycles. The second-order valence-electron chi connectivity index (χ2n) is 5.63. The monoisotopic (exact) mass is 284 g/mol. The molecule has 0 atom stereocenters. The maximum Gasteiger partial charge on any atom is 0.133 e. The highest BCUT2D eigenvalue weighted by molar-refractivity contribution is 7.71. The molecule has 1 aliphatic carbocycles. The topological polar surface area (TPSA) is 28.7 Å². The van der Waals surface area contributed by atoms with Gasteiger partial charge in [0.15, 0.2) is 0 Å². The van der Waals surface area contributed by atoms with Crippen molar-refractivity contribution in [1.82, 2.24) is 9.97 Å². The van der Waals surface area contributed by atoms with Crippen molar-refractivity contribution >= 4 is 12.2 Å². The molecule has 2 nitrogen and oxygen atoms in total. The van der Waals surface area contributed by atoms with Crippen LogP contribution in [0.3, 0.4) is 0 Å². The van der Waals surface area contributed by atoms with Crippen molar-refractivity contribution in [1.29, 1.82) is 0 Å². The number of H-pyrrole nitrogens is 1. The summed E-state index contributed by atoms with van der Waals surface area (Å²) >= 11 is 5.47. The van der Waals surface area contributed by atoms with Gasteiger partial charge in [-0.3, -0.25) is 0 Å². The average Bonchev–Trinajstić information content (AvgIpc) is 2.51. The SMILES string of the molecule is Cc1c(-c2ccccc2)[nH]c(C2CCCCC2)nc1=S. The molecule has 0 radical (unpaired) electrons. The van der Waals surface area contributed by atoms with Crippen molar-refractivity contribution in [2.24, 2.45) is 0 Å². The van der Waals surface area contributed by atoms with Gasteiger partial charge < -0.3 is 4.98 Å². The number of rotatable bonds is 2. The van der Waals surface area contributed by atoms with E-state index in [1.807, 2.05) is 6.07 Å². The minimum absolute atomic E-state index is 0.550. The number of hydrogen-bond acceptors (Lipinski definition) is 2. The summed E-state index contributed by atoms with van der Waals surface area (Å²) in [5, 5.41) is 0. The number of nitrogens with zero attached hydrogens (tertiary/aromatic N) is 1. The van der Waals surface area contributed by atoms with E-state index in [-0.39, 0.29) is 0 Å². The molecular formula is C17H20N2S. The fourth-order valence-corrected chi connectivity index (χ4v) is 3.21. The van der Waals surface area contributed by atoms with Crippen LogP contribution in [-0.2, 0) is 0 Å². The molecule has 1 aromatic carbocycles. The highest BCUT2D eigenvalue weighted by Crippen LogP contribution is 2.32. The molecule has 1 heterocycles. The summed E-state index contributed by atoms with van der Waals surface area (Å²) in [5.41, 5.74) is 3.40. The minimum Gasteiger partial charge on any atom is -0.343 e. The second-order valence-corrected chi connectivity index (χ2v) is 6.01.